The molecule has 0 atom stereocenters. The third-order valence-electron chi connectivity index (χ3n) is 8.12. The number of hydrogen-bond donors (Lipinski definition) is 1. The predicted molar refractivity (Wildman–Crippen MR) is 163 cm³/mol. The summed E-state index contributed by atoms with van der Waals surface area (Å²) in [6, 6.07) is 34.8. The average molecular weight is 540 g/mol. The van der Waals surface area contributed by atoms with Crippen molar-refractivity contribution in [3.8, 4) is 21.6 Å². The number of allylic oxidation sites excluding steroid dienone is 1. The van der Waals surface area contributed by atoms with E-state index in [9.17, 15) is 10.0 Å². The van der Waals surface area contributed by atoms with Crippen molar-refractivity contribution < 1.29 is 10.0 Å². The highest BCUT2D eigenvalue weighted by atomic mass is 32.1. The van der Waals surface area contributed by atoms with Gasteiger partial charge in [-0.2, -0.15) is 0 Å². The topological polar surface area (TPSA) is 40.5 Å². The molecule has 0 fully saturated rings. The molecule has 40 heavy (non-hydrogen) atoms. The number of thiophene rings is 1. The number of aryl methyl sites for hydroxylation is 1. The van der Waals surface area contributed by atoms with Gasteiger partial charge in [-0.15, -0.1) is 11.3 Å². The quantitative estimate of drug-likeness (QED) is 0.179. The molecule has 196 valence electrons. The zero-order valence-electron chi connectivity index (χ0n) is 22.1. The van der Waals surface area contributed by atoms with Crippen LogP contribution >= 0.6 is 11.3 Å². The number of carbonyl (C=O) groups excluding carboxylic acids is 1. The second kappa shape index (κ2) is 10.4. The van der Waals surface area contributed by atoms with E-state index >= 15 is 0 Å². The Bertz CT molecular complexity index is 1770. The Morgan fingerprint density at radius 2 is 1.52 bits per heavy atom. The molecule has 0 aliphatic heterocycles. The third kappa shape index (κ3) is 4.60. The van der Waals surface area contributed by atoms with Crippen molar-refractivity contribution in [2.75, 3.05) is 0 Å². The highest BCUT2D eigenvalue weighted by molar-refractivity contribution is 7.16. The SMILES string of the molecule is O=C(c1cccc(-c2ccc(C3=Cc4ccc5c(c4CC3)CCc3ccccc3-5)s2)c1)N(O)Cc1ccccc1. The average Bonchev–Trinajstić information content (AvgIpc) is 3.51. The molecule has 1 N–H and O–H groups in total. The van der Waals surface area contributed by atoms with Crippen molar-refractivity contribution in [1.82, 2.24) is 5.06 Å². The molecule has 0 saturated carbocycles. The Labute approximate surface area is 238 Å². The molecule has 7 rings (SSSR count). The smallest absolute Gasteiger partial charge is 0.277 e. The van der Waals surface area contributed by atoms with Gasteiger partial charge in [0.1, 0.15) is 0 Å². The summed E-state index contributed by atoms with van der Waals surface area (Å²) < 4.78 is 0. The lowest BCUT2D eigenvalue weighted by Gasteiger charge is -2.26. The van der Waals surface area contributed by atoms with Crippen LogP contribution in [-0.2, 0) is 25.8 Å². The van der Waals surface area contributed by atoms with E-state index in [-0.39, 0.29) is 6.54 Å². The number of fused-ring (bicyclic) bond motifs is 5. The molecule has 3 nitrogen and oxygen atoms in total. The molecule has 4 aromatic carbocycles. The number of carbonyl (C=O) groups is 1. The fourth-order valence-electron chi connectivity index (χ4n) is 6.10. The van der Waals surface area contributed by atoms with Gasteiger partial charge in [-0.05, 0) is 100 Å². The van der Waals surface area contributed by atoms with E-state index in [1.807, 2.05) is 48.5 Å². The highest BCUT2D eigenvalue weighted by Crippen LogP contribution is 2.42. The normalized spacial score (nSPS) is 13.6. The minimum atomic E-state index is -0.403. The first kappa shape index (κ1) is 24.8. The lowest BCUT2D eigenvalue weighted by atomic mass is 9.78. The molecule has 0 spiro atoms. The lowest BCUT2D eigenvalue weighted by molar-refractivity contribution is -0.0648. The fourth-order valence-corrected chi connectivity index (χ4v) is 7.15. The molecule has 0 saturated heterocycles. The van der Waals surface area contributed by atoms with Gasteiger partial charge in [0.25, 0.3) is 5.91 Å². The van der Waals surface area contributed by atoms with Gasteiger partial charge in [-0.25, -0.2) is 5.06 Å². The minimum Gasteiger partial charge on any atom is -0.285 e. The molecule has 5 aromatic rings. The Hall–Kier alpha value is -4.25. The lowest BCUT2D eigenvalue weighted by Crippen LogP contribution is -2.26. The molecule has 4 heteroatoms. The fraction of sp³-hybridized carbons (Fsp3) is 0.139. The van der Waals surface area contributed by atoms with Crippen LogP contribution in [-0.4, -0.2) is 16.2 Å². The van der Waals surface area contributed by atoms with Crippen molar-refractivity contribution >= 4 is 28.9 Å². The van der Waals surface area contributed by atoms with Crippen LogP contribution in [0, 0.1) is 0 Å². The minimum absolute atomic E-state index is 0.151. The molecule has 0 unspecified atom stereocenters. The van der Waals surface area contributed by atoms with Gasteiger partial charge in [-0.1, -0.05) is 84.9 Å². The maximum absolute atomic E-state index is 12.9. The van der Waals surface area contributed by atoms with Crippen molar-refractivity contribution in [2.45, 2.75) is 32.2 Å². The van der Waals surface area contributed by atoms with Crippen LogP contribution in [0.15, 0.2) is 103 Å². The van der Waals surface area contributed by atoms with Gasteiger partial charge in [0, 0.05) is 15.3 Å². The highest BCUT2D eigenvalue weighted by Gasteiger charge is 2.23. The summed E-state index contributed by atoms with van der Waals surface area (Å²) in [6.45, 7) is 0.151. The van der Waals surface area contributed by atoms with Crippen LogP contribution in [0.2, 0.25) is 0 Å². The first-order valence-corrected chi connectivity index (χ1v) is 14.6. The predicted octanol–water partition coefficient (Wildman–Crippen LogP) is 8.70. The van der Waals surface area contributed by atoms with E-state index in [4.69, 9.17) is 0 Å². The summed E-state index contributed by atoms with van der Waals surface area (Å²) in [5.74, 6) is -0.403. The van der Waals surface area contributed by atoms with E-state index < -0.39 is 5.91 Å². The summed E-state index contributed by atoms with van der Waals surface area (Å²) in [4.78, 5) is 15.3. The Kier molecular flexibility index (Phi) is 6.43. The van der Waals surface area contributed by atoms with E-state index in [1.54, 1.807) is 17.4 Å². The number of benzene rings is 4. The zero-order valence-corrected chi connectivity index (χ0v) is 23.0. The van der Waals surface area contributed by atoms with Gasteiger partial charge in [-0.3, -0.25) is 10.0 Å². The molecule has 2 aliphatic rings. The van der Waals surface area contributed by atoms with E-state index in [0.29, 0.717) is 5.56 Å². The number of hydroxylamine groups is 2. The van der Waals surface area contributed by atoms with Crippen LogP contribution in [0.1, 0.15) is 49.5 Å². The second-order valence-electron chi connectivity index (χ2n) is 10.6. The molecular formula is C36H29NO2S. The van der Waals surface area contributed by atoms with Gasteiger partial charge in [0.2, 0.25) is 0 Å². The Balaban J connectivity index is 1.13. The van der Waals surface area contributed by atoms with Crippen LogP contribution in [0.5, 0.6) is 0 Å². The molecule has 1 amide bonds. The van der Waals surface area contributed by atoms with E-state index in [1.165, 1.54) is 43.8 Å². The van der Waals surface area contributed by atoms with Crippen molar-refractivity contribution in [1.29, 1.82) is 0 Å². The standard InChI is InChI=1S/C36H29NO2S/c38-36(37(39)23-24-7-2-1-3-8-24)29-11-6-10-27(22-29)34-19-20-35(40-34)28-15-16-31-26(21-28)14-18-32-30-12-5-4-9-25(30)13-17-33(31)32/h1-12,14,18-22,39H,13,15-17,23H2. The third-order valence-corrected chi connectivity index (χ3v) is 9.33. The summed E-state index contributed by atoms with van der Waals surface area (Å²) >= 11 is 1.76. The molecule has 1 heterocycles. The number of hydrogen-bond acceptors (Lipinski definition) is 3. The van der Waals surface area contributed by atoms with Crippen molar-refractivity contribution in [3.05, 3.63) is 141 Å². The van der Waals surface area contributed by atoms with Gasteiger partial charge >= 0.3 is 0 Å². The molecule has 0 bridgehead atoms. The maximum Gasteiger partial charge on any atom is 0.277 e. The summed E-state index contributed by atoms with van der Waals surface area (Å²) in [7, 11) is 0. The Morgan fingerprint density at radius 1 is 0.725 bits per heavy atom. The maximum atomic E-state index is 12.9. The van der Waals surface area contributed by atoms with Crippen molar-refractivity contribution in [3.63, 3.8) is 0 Å². The Morgan fingerprint density at radius 3 is 2.42 bits per heavy atom. The monoisotopic (exact) mass is 539 g/mol. The number of amides is 1. The van der Waals surface area contributed by atoms with Crippen LogP contribution in [0.4, 0.5) is 0 Å². The van der Waals surface area contributed by atoms with Crippen LogP contribution in [0.3, 0.4) is 0 Å². The first-order chi connectivity index (χ1) is 19.6. The number of rotatable bonds is 5. The summed E-state index contributed by atoms with van der Waals surface area (Å²) in [5, 5.41) is 11.2. The van der Waals surface area contributed by atoms with Crippen LogP contribution < -0.4 is 0 Å². The molecule has 0 radical (unpaired) electrons. The van der Waals surface area contributed by atoms with Gasteiger partial charge in [0.05, 0.1) is 6.54 Å². The van der Waals surface area contributed by atoms with E-state index in [2.05, 4.69) is 54.6 Å². The molecule has 1 aromatic heterocycles. The summed E-state index contributed by atoms with van der Waals surface area (Å²) in [6.07, 6.45) is 6.71. The summed E-state index contributed by atoms with van der Waals surface area (Å²) in [5.41, 5.74) is 12.4. The van der Waals surface area contributed by atoms with Crippen LogP contribution in [0.25, 0.3) is 33.2 Å². The second-order valence-corrected chi connectivity index (χ2v) is 11.7. The first-order valence-electron chi connectivity index (χ1n) is 13.8. The molecule has 2 aliphatic carbocycles. The van der Waals surface area contributed by atoms with E-state index in [0.717, 1.165) is 46.8 Å². The van der Waals surface area contributed by atoms with Gasteiger partial charge in [0.15, 0.2) is 0 Å². The largest absolute Gasteiger partial charge is 0.285 e. The van der Waals surface area contributed by atoms with Gasteiger partial charge < -0.3 is 0 Å². The van der Waals surface area contributed by atoms with Crippen molar-refractivity contribution in [2.24, 2.45) is 0 Å². The number of nitrogens with zero attached hydrogens (tertiary/aromatic N) is 1. The zero-order chi connectivity index (χ0) is 27.1. The molecular weight excluding hydrogens is 510 g/mol.